The van der Waals surface area contributed by atoms with Crippen LogP contribution in [0.1, 0.15) is 88.4 Å². The molecular weight excluding hydrogens is 699 g/mol. The molecule has 3 fully saturated rings. The fraction of sp³-hybridized carbons (Fsp3) is 0.478. The number of nitrogens with zero attached hydrogens (tertiary/aromatic N) is 1. The van der Waals surface area contributed by atoms with Gasteiger partial charge in [-0.15, -0.1) is 0 Å². The molecule has 6 aliphatic rings. The van der Waals surface area contributed by atoms with Gasteiger partial charge in [0, 0.05) is 45.4 Å². The van der Waals surface area contributed by atoms with Crippen molar-refractivity contribution in [3.8, 4) is 0 Å². The van der Waals surface area contributed by atoms with E-state index in [-0.39, 0.29) is 58.7 Å². The molecule has 0 heterocycles. The molecule has 2 bridgehead atoms. The number of rotatable bonds is 9. The quantitative estimate of drug-likeness (QED) is 0.190. The summed E-state index contributed by atoms with van der Waals surface area (Å²) in [5.41, 5.74) is -0.441. The molecule has 284 valence electrons. The van der Waals surface area contributed by atoms with Crippen molar-refractivity contribution in [2.45, 2.75) is 96.4 Å². The number of benzene rings is 3. The van der Waals surface area contributed by atoms with Crippen molar-refractivity contribution < 1.29 is 24.2 Å². The number of hydrogen-bond acceptors (Lipinski definition) is 4. The van der Waals surface area contributed by atoms with Gasteiger partial charge in [-0.05, 0) is 92.4 Å². The highest BCUT2D eigenvalue weighted by Gasteiger charge is 2.74. The van der Waals surface area contributed by atoms with Crippen LogP contribution in [0.4, 0.5) is 9.18 Å². The van der Waals surface area contributed by atoms with Gasteiger partial charge in [-0.1, -0.05) is 110 Å². The number of urea groups is 1. The van der Waals surface area contributed by atoms with Crippen molar-refractivity contribution >= 4 is 23.4 Å². The third-order valence-electron chi connectivity index (χ3n) is 15.0. The van der Waals surface area contributed by atoms with Gasteiger partial charge in [0.05, 0.1) is 24.3 Å². The van der Waals surface area contributed by atoms with Gasteiger partial charge in [0.15, 0.2) is 5.78 Å². The zero-order valence-electron chi connectivity index (χ0n) is 31.5. The van der Waals surface area contributed by atoms with E-state index in [1.165, 1.54) is 6.07 Å². The zero-order valence-corrected chi connectivity index (χ0v) is 32.3. The van der Waals surface area contributed by atoms with Crippen molar-refractivity contribution in [2.24, 2.45) is 33.5 Å². The molecule has 0 aromatic heterocycles. The monoisotopic (exact) mass is 750 g/mol. The Morgan fingerprint density at radius 2 is 1.57 bits per heavy atom. The van der Waals surface area contributed by atoms with E-state index in [4.69, 9.17) is 11.6 Å². The number of aliphatic hydroxyl groups excluding tert-OH is 1. The summed E-state index contributed by atoms with van der Waals surface area (Å²) in [5, 5.41) is 27.6. The van der Waals surface area contributed by atoms with E-state index in [9.17, 15) is 19.8 Å². The normalized spacial score (nSPS) is 35.3. The van der Waals surface area contributed by atoms with Gasteiger partial charge in [0.1, 0.15) is 5.82 Å². The molecule has 0 aliphatic heterocycles. The van der Waals surface area contributed by atoms with E-state index < -0.39 is 33.8 Å². The number of Topliss-reactive ketones (excluding diaryl/α,β-unsaturated/α-hetero) is 1. The molecule has 54 heavy (non-hydrogen) atoms. The molecular formula is C46H52ClFN2O4. The van der Waals surface area contributed by atoms with Crippen molar-refractivity contribution in [1.82, 2.24) is 10.2 Å². The maximum atomic E-state index is 15.2. The average molecular weight is 751 g/mol. The highest BCUT2D eigenvalue weighted by Crippen LogP contribution is 2.78. The number of allylic oxidation sites excluding steroid dienone is 4. The third kappa shape index (κ3) is 5.63. The summed E-state index contributed by atoms with van der Waals surface area (Å²) in [6.45, 7) is 6.96. The number of nitrogens with one attached hydrogen (secondary N) is 1. The lowest BCUT2D eigenvalue weighted by atomic mass is 9.32. The zero-order chi connectivity index (χ0) is 38.1. The van der Waals surface area contributed by atoms with E-state index >= 15 is 4.39 Å². The van der Waals surface area contributed by atoms with Crippen LogP contribution in [0.3, 0.4) is 0 Å². The summed E-state index contributed by atoms with van der Waals surface area (Å²) >= 11 is 6.50. The molecule has 1 unspecified atom stereocenters. The Morgan fingerprint density at radius 3 is 2.30 bits per heavy atom. The van der Waals surface area contributed by atoms with Gasteiger partial charge in [0.25, 0.3) is 0 Å². The predicted octanol–water partition coefficient (Wildman–Crippen LogP) is 9.15. The van der Waals surface area contributed by atoms with Crippen LogP contribution in [0.2, 0.25) is 5.02 Å². The summed E-state index contributed by atoms with van der Waals surface area (Å²) < 4.78 is 15.2. The molecule has 3 saturated carbocycles. The average Bonchev–Trinajstić information content (AvgIpc) is 3.43. The number of carbonyl (C=O) groups excluding carboxylic acids is 2. The Hall–Kier alpha value is -3.78. The first-order chi connectivity index (χ1) is 25.8. The summed E-state index contributed by atoms with van der Waals surface area (Å²) in [5.74, 6) is -0.667. The molecule has 9 atom stereocenters. The first kappa shape index (κ1) is 37.2. The fourth-order valence-electron chi connectivity index (χ4n) is 12.0. The van der Waals surface area contributed by atoms with Gasteiger partial charge in [-0.2, -0.15) is 0 Å². The van der Waals surface area contributed by atoms with Crippen molar-refractivity contribution in [3.63, 3.8) is 0 Å². The van der Waals surface area contributed by atoms with Crippen LogP contribution in [-0.2, 0) is 17.8 Å². The number of fused-ring (bicyclic) bond motifs is 1. The van der Waals surface area contributed by atoms with E-state index in [0.29, 0.717) is 37.8 Å². The minimum absolute atomic E-state index is 0.0957. The Bertz CT molecular complexity index is 1990. The maximum absolute atomic E-state index is 15.2. The maximum Gasteiger partial charge on any atom is 0.318 e. The fourth-order valence-corrected chi connectivity index (χ4v) is 12.3. The SMILES string of the molecule is C[C@@H](NC(=O)N(Cc1ccccc1)C[C@]1(O)CC[C@H]2[C@]34C=C[C@@]5(C=C3C(=O)Cc3c(F)cccc3Cl)CC(O)CC[C@]5(C)[C@H]4CC[C@@]21C)c1ccccc1. The lowest BCUT2D eigenvalue weighted by molar-refractivity contribution is -0.177. The molecule has 3 aromatic rings. The van der Waals surface area contributed by atoms with E-state index in [1.807, 2.05) is 67.6 Å². The number of hydrogen-bond donors (Lipinski definition) is 3. The predicted molar refractivity (Wildman–Crippen MR) is 209 cm³/mol. The summed E-state index contributed by atoms with van der Waals surface area (Å²) in [4.78, 5) is 30.8. The van der Waals surface area contributed by atoms with Crippen LogP contribution in [-0.4, -0.2) is 45.2 Å². The largest absolute Gasteiger partial charge is 0.393 e. The molecule has 2 amide bonds. The highest BCUT2D eigenvalue weighted by atomic mass is 35.5. The number of ketones is 1. The summed E-state index contributed by atoms with van der Waals surface area (Å²) in [6, 6.07) is 23.8. The highest BCUT2D eigenvalue weighted by molar-refractivity contribution is 6.31. The van der Waals surface area contributed by atoms with Crippen molar-refractivity contribution in [1.29, 1.82) is 0 Å². The molecule has 9 rings (SSSR count). The van der Waals surface area contributed by atoms with E-state index in [0.717, 1.165) is 30.4 Å². The van der Waals surface area contributed by atoms with Gasteiger partial charge in [-0.3, -0.25) is 4.79 Å². The second kappa shape index (κ2) is 13.5. The first-order valence-corrected chi connectivity index (χ1v) is 20.1. The first-order valence-electron chi connectivity index (χ1n) is 19.7. The molecule has 2 spiro atoms. The Kier molecular flexibility index (Phi) is 9.26. The molecule has 3 aromatic carbocycles. The minimum atomic E-state index is -1.24. The molecule has 6 aliphatic carbocycles. The Balaban J connectivity index is 1.17. The standard InChI is InChI=1S/C46H52ClFN2O4/c1-30(32-13-8-5-9-14-32)49-41(53)50(28-31-11-6-4-7-12-31)29-45(54)22-19-40-43(45,3)21-18-39-42(2)20-17-33(51)26-44(42)23-24-46(39,40)35(27-44)38(52)25-34-36(47)15-10-16-37(34)48/h4-16,23-24,27,30,33,39-40,51,54H,17-22,25-26,28-29H2,1-3H3,(H,49,53)/t30-,33?,39-,40-,42-,43+,44+,45-,46-/m1/s1. The Morgan fingerprint density at radius 1 is 0.907 bits per heavy atom. The smallest absolute Gasteiger partial charge is 0.318 e. The van der Waals surface area contributed by atoms with Gasteiger partial charge in [0.2, 0.25) is 0 Å². The Labute approximate surface area is 323 Å². The molecule has 0 radical (unpaired) electrons. The van der Waals surface area contributed by atoms with Gasteiger partial charge >= 0.3 is 6.03 Å². The molecule has 3 N–H and O–H groups in total. The van der Waals surface area contributed by atoms with E-state index in [1.54, 1.807) is 17.0 Å². The van der Waals surface area contributed by atoms with Crippen molar-refractivity contribution in [3.05, 3.63) is 130 Å². The minimum Gasteiger partial charge on any atom is -0.393 e. The third-order valence-corrected chi connectivity index (χ3v) is 15.4. The second-order valence-electron chi connectivity index (χ2n) is 17.5. The molecule has 0 saturated heterocycles. The van der Waals surface area contributed by atoms with Crippen LogP contribution in [0.15, 0.2) is 103 Å². The van der Waals surface area contributed by atoms with Crippen LogP contribution in [0, 0.1) is 39.3 Å². The number of halogens is 2. The lowest BCUT2D eigenvalue weighted by Crippen LogP contribution is -2.67. The second-order valence-corrected chi connectivity index (χ2v) is 17.9. The number of amides is 2. The van der Waals surface area contributed by atoms with Crippen molar-refractivity contribution in [2.75, 3.05) is 6.54 Å². The summed E-state index contributed by atoms with van der Waals surface area (Å²) in [6.07, 6.45) is 10.8. The molecule has 8 heteroatoms. The molecule has 6 nitrogen and oxygen atoms in total. The lowest BCUT2D eigenvalue weighted by Gasteiger charge is -2.71. The van der Waals surface area contributed by atoms with Gasteiger partial charge in [-0.25, -0.2) is 9.18 Å². The van der Waals surface area contributed by atoms with Gasteiger partial charge < -0.3 is 20.4 Å². The topological polar surface area (TPSA) is 89.9 Å². The van der Waals surface area contributed by atoms with E-state index in [2.05, 4.69) is 37.4 Å². The van der Waals surface area contributed by atoms with Crippen LogP contribution in [0.25, 0.3) is 0 Å². The number of aliphatic hydroxyl groups is 2. The van der Waals surface area contributed by atoms with Crippen LogP contribution >= 0.6 is 11.6 Å². The van der Waals surface area contributed by atoms with Crippen LogP contribution in [0.5, 0.6) is 0 Å². The summed E-state index contributed by atoms with van der Waals surface area (Å²) in [7, 11) is 0. The van der Waals surface area contributed by atoms with Crippen LogP contribution < -0.4 is 5.32 Å². The number of carbonyl (C=O) groups is 2.